The second-order valence-corrected chi connectivity index (χ2v) is 4.36. The van der Waals surface area contributed by atoms with Crippen molar-refractivity contribution < 1.29 is 14.6 Å². The van der Waals surface area contributed by atoms with Crippen LogP contribution >= 0.6 is 0 Å². The van der Waals surface area contributed by atoms with E-state index in [1.165, 1.54) is 7.11 Å². The van der Waals surface area contributed by atoms with E-state index in [2.05, 4.69) is 0 Å². The van der Waals surface area contributed by atoms with Crippen molar-refractivity contribution in [3.05, 3.63) is 65.7 Å². The lowest BCUT2D eigenvalue weighted by atomic mass is 9.92. The molecule has 1 N–H and O–H groups in total. The minimum Gasteiger partial charge on any atom is -0.508 e. The summed E-state index contributed by atoms with van der Waals surface area (Å²) in [5.41, 5.74) is 1.92. The van der Waals surface area contributed by atoms with Crippen LogP contribution < -0.4 is 0 Å². The molecular formula is C16H16O3. The van der Waals surface area contributed by atoms with Crippen LogP contribution in [0.5, 0.6) is 5.75 Å². The minimum absolute atomic E-state index is 0.220. The SMILES string of the molecule is COC(=O)C(Cc1ccc(O)cc1)c1ccccc1. The number of carbonyl (C=O) groups excluding carboxylic acids is 1. The molecule has 0 aliphatic carbocycles. The maximum atomic E-state index is 11.9. The van der Waals surface area contributed by atoms with Crippen LogP contribution in [0.3, 0.4) is 0 Å². The number of hydrogen-bond donors (Lipinski definition) is 1. The molecule has 0 aliphatic rings. The van der Waals surface area contributed by atoms with Gasteiger partial charge in [0.1, 0.15) is 5.75 Å². The number of esters is 1. The first-order chi connectivity index (χ1) is 9.20. The maximum Gasteiger partial charge on any atom is 0.313 e. The fraction of sp³-hybridized carbons (Fsp3) is 0.188. The fourth-order valence-corrected chi connectivity index (χ4v) is 2.03. The second kappa shape index (κ2) is 6.05. The molecule has 0 bridgehead atoms. The number of phenols is 1. The Morgan fingerprint density at radius 2 is 1.74 bits per heavy atom. The number of benzene rings is 2. The Balaban J connectivity index is 2.24. The molecule has 98 valence electrons. The lowest BCUT2D eigenvalue weighted by molar-refractivity contribution is -0.142. The number of ether oxygens (including phenoxy) is 1. The molecular weight excluding hydrogens is 240 g/mol. The number of methoxy groups -OCH3 is 1. The smallest absolute Gasteiger partial charge is 0.313 e. The Kier molecular flexibility index (Phi) is 4.18. The molecule has 2 rings (SSSR count). The van der Waals surface area contributed by atoms with Crippen LogP contribution in [-0.2, 0) is 16.0 Å². The number of hydrogen-bond acceptors (Lipinski definition) is 3. The van der Waals surface area contributed by atoms with Gasteiger partial charge in [-0.3, -0.25) is 4.79 Å². The van der Waals surface area contributed by atoms with Gasteiger partial charge in [-0.15, -0.1) is 0 Å². The van der Waals surface area contributed by atoms with Gasteiger partial charge < -0.3 is 9.84 Å². The Morgan fingerprint density at radius 1 is 1.11 bits per heavy atom. The third kappa shape index (κ3) is 3.35. The summed E-state index contributed by atoms with van der Waals surface area (Å²) in [5, 5.41) is 9.27. The third-order valence-electron chi connectivity index (χ3n) is 3.06. The van der Waals surface area contributed by atoms with Gasteiger partial charge in [-0.05, 0) is 29.7 Å². The number of carbonyl (C=O) groups is 1. The minimum atomic E-state index is -0.323. The molecule has 1 atom stereocenters. The van der Waals surface area contributed by atoms with Crippen LogP contribution in [0.15, 0.2) is 54.6 Å². The highest BCUT2D eigenvalue weighted by Gasteiger charge is 2.21. The zero-order valence-corrected chi connectivity index (χ0v) is 10.7. The largest absolute Gasteiger partial charge is 0.508 e. The van der Waals surface area contributed by atoms with Crippen LogP contribution in [0.4, 0.5) is 0 Å². The first-order valence-corrected chi connectivity index (χ1v) is 6.11. The van der Waals surface area contributed by atoms with Gasteiger partial charge in [-0.25, -0.2) is 0 Å². The molecule has 0 fully saturated rings. The first kappa shape index (κ1) is 13.1. The number of aromatic hydroxyl groups is 1. The van der Waals surface area contributed by atoms with Crippen molar-refractivity contribution in [2.75, 3.05) is 7.11 Å². The van der Waals surface area contributed by atoms with Crippen molar-refractivity contribution in [3.8, 4) is 5.75 Å². The highest BCUT2D eigenvalue weighted by atomic mass is 16.5. The quantitative estimate of drug-likeness (QED) is 0.856. The van der Waals surface area contributed by atoms with Gasteiger partial charge in [0, 0.05) is 0 Å². The van der Waals surface area contributed by atoms with Gasteiger partial charge in [-0.2, -0.15) is 0 Å². The molecule has 2 aromatic carbocycles. The van der Waals surface area contributed by atoms with Gasteiger partial charge in [0.05, 0.1) is 13.0 Å². The third-order valence-corrected chi connectivity index (χ3v) is 3.06. The predicted octanol–water partition coefficient (Wildman–Crippen LogP) is 2.89. The summed E-state index contributed by atoms with van der Waals surface area (Å²) < 4.78 is 4.87. The topological polar surface area (TPSA) is 46.5 Å². The van der Waals surface area contributed by atoms with Crippen molar-refractivity contribution in [2.24, 2.45) is 0 Å². The molecule has 0 spiro atoms. The summed E-state index contributed by atoms with van der Waals surface area (Å²) in [5.74, 6) is -0.354. The Morgan fingerprint density at radius 3 is 2.32 bits per heavy atom. The van der Waals surface area contributed by atoms with E-state index in [0.717, 1.165) is 11.1 Å². The summed E-state index contributed by atoms with van der Waals surface area (Å²) in [6.45, 7) is 0. The molecule has 0 aromatic heterocycles. The average Bonchev–Trinajstić information content (AvgIpc) is 2.47. The van der Waals surface area contributed by atoms with Gasteiger partial charge in [0.15, 0.2) is 0 Å². The summed E-state index contributed by atoms with van der Waals surface area (Å²) in [6.07, 6.45) is 0.553. The second-order valence-electron chi connectivity index (χ2n) is 4.36. The molecule has 0 aliphatic heterocycles. The highest BCUT2D eigenvalue weighted by molar-refractivity contribution is 5.78. The Labute approximate surface area is 112 Å². The molecule has 3 heteroatoms. The van der Waals surface area contributed by atoms with Crippen molar-refractivity contribution >= 4 is 5.97 Å². The van der Waals surface area contributed by atoms with Gasteiger partial charge >= 0.3 is 5.97 Å². The average molecular weight is 256 g/mol. The maximum absolute atomic E-state index is 11.9. The zero-order valence-electron chi connectivity index (χ0n) is 10.7. The monoisotopic (exact) mass is 256 g/mol. The zero-order chi connectivity index (χ0) is 13.7. The van der Waals surface area contributed by atoms with Crippen LogP contribution in [0.25, 0.3) is 0 Å². The van der Waals surface area contributed by atoms with E-state index in [0.29, 0.717) is 6.42 Å². The Hall–Kier alpha value is -2.29. The van der Waals surface area contributed by atoms with E-state index in [1.807, 2.05) is 42.5 Å². The van der Waals surface area contributed by atoms with Crippen molar-refractivity contribution in [2.45, 2.75) is 12.3 Å². The summed E-state index contributed by atoms with van der Waals surface area (Å²) in [6, 6.07) is 16.4. The fourth-order valence-electron chi connectivity index (χ4n) is 2.03. The van der Waals surface area contributed by atoms with Crippen LogP contribution in [0.1, 0.15) is 17.0 Å². The molecule has 19 heavy (non-hydrogen) atoms. The van der Waals surface area contributed by atoms with E-state index in [-0.39, 0.29) is 17.6 Å². The highest BCUT2D eigenvalue weighted by Crippen LogP contribution is 2.23. The van der Waals surface area contributed by atoms with E-state index in [1.54, 1.807) is 12.1 Å². The molecule has 1 unspecified atom stereocenters. The molecule has 0 saturated heterocycles. The molecule has 0 amide bonds. The molecule has 0 heterocycles. The Bertz CT molecular complexity index is 532. The number of rotatable bonds is 4. The number of phenolic OH excluding ortho intramolecular Hbond substituents is 1. The van der Waals surface area contributed by atoms with Crippen LogP contribution in [0.2, 0.25) is 0 Å². The molecule has 2 aromatic rings. The first-order valence-electron chi connectivity index (χ1n) is 6.11. The van der Waals surface area contributed by atoms with Gasteiger partial charge in [0.25, 0.3) is 0 Å². The molecule has 0 saturated carbocycles. The lowest BCUT2D eigenvalue weighted by Gasteiger charge is -2.15. The van der Waals surface area contributed by atoms with Gasteiger partial charge in [-0.1, -0.05) is 42.5 Å². The van der Waals surface area contributed by atoms with Gasteiger partial charge in [0.2, 0.25) is 0 Å². The van der Waals surface area contributed by atoms with Crippen LogP contribution in [-0.4, -0.2) is 18.2 Å². The molecule has 0 radical (unpaired) electrons. The lowest BCUT2D eigenvalue weighted by Crippen LogP contribution is -2.16. The standard InChI is InChI=1S/C16H16O3/c1-19-16(18)15(13-5-3-2-4-6-13)11-12-7-9-14(17)10-8-12/h2-10,15,17H,11H2,1H3. The van der Waals surface area contributed by atoms with E-state index in [4.69, 9.17) is 4.74 Å². The van der Waals surface area contributed by atoms with E-state index < -0.39 is 0 Å². The summed E-state index contributed by atoms with van der Waals surface area (Å²) in [7, 11) is 1.40. The molecule has 3 nitrogen and oxygen atoms in total. The van der Waals surface area contributed by atoms with Crippen molar-refractivity contribution in [3.63, 3.8) is 0 Å². The van der Waals surface area contributed by atoms with E-state index in [9.17, 15) is 9.90 Å². The summed E-state index contributed by atoms with van der Waals surface area (Å²) in [4.78, 5) is 11.9. The van der Waals surface area contributed by atoms with Crippen molar-refractivity contribution in [1.82, 2.24) is 0 Å². The van der Waals surface area contributed by atoms with Crippen molar-refractivity contribution in [1.29, 1.82) is 0 Å². The normalized spacial score (nSPS) is 11.8. The predicted molar refractivity (Wildman–Crippen MR) is 73.0 cm³/mol. The van der Waals surface area contributed by atoms with E-state index >= 15 is 0 Å². The summed E-state index contributed by atoms with van der Waals surface area (Å²) >= 11 is 0. The van der Waals surface area contributed by atoms with Crippen LogP contribution in [0, 0.1) is 0 Å².